The largest absolute Gasteiger partial charge is 0.323 e. The summed E-state index contributed by atoms with van der Waals surface area (Å²) in [7, 11) is 0. The lowest BCUT2D eigenvalue weighted by molar-refractivity contribution is 0.248. The number of rotatable bonds is 7. The first kappa shape index (κ1) is 13.6. The minimum atomic E-state index is 0.156. The normalized spacial score (nSPS) is 17.1. The van der Waals surface area contributed by atoms with Gasteiger partial charge in [0, 0.05) is 18.6 Å². The SMILES string of the molecule is CCCN(CC(N)c1ccc(CC)cc1)C1CC1. The molecule has 0 saturated heterocycles. The van der Waals surface area contributed by atoms with Crippen molar-refractivity contribution in [2.45, 2.75) is 51.6 Å². The van der Waals surface area contributed by atoms with Crippen LogP contribution in [0.1, 0.15) is 50.3 Å². The number of hydrogen-bond acceptors (Lipinski definition) is 2. The van der Waals surface area contributed by atoms with Gasteiger partial charge in [0.1, 0.15) is 0 Å². The molecule has 0 aromatic heterocycles. The average molecular weight is 246 g/mol. The van der Waals surface area contributed by atoms with Crippen molar-refractivity contribution in [3.8, 4) is 0 Å². The number of nitrogens with zero attached hydrogens (tertiary/aromatic N) is 1. The van der Waals surface area contributed by atoms with Crippen molar-refractivity contribution in [1.29, 1.82) is 0 Å². The standard InChI is InChI=1S/C16H26N2/c1-3-11-18(15-9-10-15)12-16(17)14-7-5-13(4-2)6-8-14/h5-8,15-16H,3-4,9-12,17H2,1-2H3. The molecule has 2 rings (SSSR count). The molecule has 1 atom stereocenters. The molecule has 2 nitrogen and oxygen atoms in total. The Labute approximate surface area is 111 Å². The Balaban J connectivity index is 1.94. The first-order valence-corrected chi connectivity index (χ1v) is 7.33. The van der Waals surface area contributed by atoms with Crippen molar-refractivity contribution < 1.29 is 0 Å². The third-order valence-corrected chi connectivity index (χ3v) is 3.82. The summed E-state index contributed by atoms with van der Waals surface area (Å²) in [5.74, 6) is 0. The van der Waals surface area contributed by atoms with Crippen molar-refractivity contribution in [3.05, 3.63) is 35.4 Å². The molecule has 2 heteroatoms. The summed E-state index contributed by atoms with van der Waals surface area (Å²) in [6, 6.07) is 9.77. The highest BCUT2D eigenvalue weighted by Gasteiger charge is 2.29. The fraction of sp³-hybridized carbons (Fsp3) is 0.625. The highest BCUT2D eigenvalue weighted by Crippen LogP contribution is 2.28. The predicted octanol–water partition coefficient (Wildman–Crippen LogP) is 3.12. The van der Waals surface area contributed by atoms with Crippen LogP contribution in [0.2, 0.25) is 0 Å². The van der Waals surface area contributed by atoms with Crippen LogP contribution in [0.4, 0.5) is 0 Å². The Hall–Kier alpha value is -0.860. The maximum Gasteiger partial charge on any atom is 0.0424 e. The molecule has 0 amide bonds. The molecule has 1 aromatic rings. The molecular formula is C16H26N2. The second-order valence-electron chi connectivity index (χ2n) is 5.43. The summed E-state index contributed by atoms with van der Waals surface area (Å²) >= 11 is 0. The summed E-state index contributed by atoms with van der Waals surface area (Å²) in [5.41, 5.74) is 9.00. The van der Waals surface area contributed by atoms with Gasteiger partial charge in [-0.15, -0.1) is 0 Å². The molecule has 1 unspecified atom stereocenters. The van der Waals surface area contributed by atoms with Gasteiger partial charge < -0.3 is 5.73 Å². The van der Waals surface area contributed by atoms with Crippen LogP contribution in [-0.4, -0.2) is 24.0 Å². The van der Waals surface area contributed by atoms with E-state index in [9.17, 15) is 0 Å². The lowest BCUT2D eigenvalue weighted by atomic mass is 10.0. The summed E-state index contributed by atoms with van der Waals surface area (Å²) < 4.78 is 0. The fourth-order valence-electron chi connectivity index (χ4n) is 2.51. The molecule has 0 radical (unpaired) electrons. The Morgan fingerprint density at radius 1 is 1.22 bits per heavy atom. The summed E-state index contributed by atoms with van der Waals surface area (Å²) in [5, 5.41) is 0. The quantitative estimate of drug-likeness (QED) is 0.801. The van der Waals surface area contributed by atoms with Crippen LogP contribution in [0.15, 0.2) is 24.3 Å². The van der Waals surface area contributed by atoms with E-state index in [2.05, 4.69) is 43.0 Å². The molecule has 0 heterocycles. The monoisotopic (exact) mass is 246 g/mol. The van der Waals surface area contributed by atoms with Crippen LogP contribution in [0.5, 0.6) is 0 Å². The summed E-state index contributed by atoms with van der Waals surface area (Å²) in [6.07, 6.45) is 5.04. The molecule has 1 saturated carbocycles. The zero-order valence-electron chi connectivity index (χ0n) is 11.7. The molecule has 18 heavy (non-hydrogen) atoms. The van der Waals surface area contributed by atoms with Crippen LogP contribution < -0.4 is 5.73 Å². The molecule has 1 aliphatic rings. The van der Waals surface area contributed by atoms with Gasteiger partial charge in [-0.25, -0.2) is 0 Å². The van der Waals surface area contributed by atoms with Crippen LogP contribution in [0, 0.1) is 0 Å². The highest BCUT2D eigenvalue weighted by atomic mass is 15.2. The van der Waals surface area contributed by atoms with Crippen molar-refractivity contribution in [2.24, 2.45) is 5.73 Å². The van der Waals surface area contributed by atoms with Crippen molar-refractivity contribution in [2.75, 3.05) is 13.1 Å². The fourth-order valence-corrected chi connectivity index (χ4v) is 2.51. The van der Waals surface area contributed by atoms with E-state index in [1.807, 2.05) is 0 Å². The molecule has 1 fully saturated rings. The molecule has 2 N–H and O–H groups in total. The van der Waals surface area contributed by atoms with Gasteiger partial charge in [0.2, 0.25) is 0 Å². The molecule has 0 aliphatic heterocycles. The Morgan fingerprint density at radius 3 is 2.39 bits per heavy atom. The van der Waals surface area contributed by atoms with E-state index in [4.69, 9.17) is 5.73 Å². The lowest BCUT2D eigenvalue weighted by Crippen LogP contribution is -2.34. The van der Waals surface area contributed by atoms with Crippen LogP contribution in [-0.2, 0) is 6.42 Å². The maximum absolute atomic E-state index is 6.34. The topological polar surface area (TPSA) is 29.3 Å². The third kappa shape index (κ3) is 3.56. The Morgan fingerprint density at radius 2 is 1.89 bits per heavy atom. The van der Waals surface area contributed by atoms with Crippen LogP contribution in [0.25, 0.3) is 0 Å². The van der Waals surface area contributed by atoms with Gasteiger partial charge in [-0.05, 0) is 43.4 Å². The van der Waals surface area contributed by atoms with Crippen molar-refractivity contribution in [1.82, 2.24) is 4.90 Å². The average Bonchev–Trinajstić information content (AvgIpc) is 3.22. The van der Waals surface area contributed by atoms with E-state index < -0.39 is 0 Å². The third-order valence-electron chi connectivity index (χ3n) is 3.82. The summed E-state index contributed by atoms with van der Waals surface area (Å²) in [4.78, 5) is 2.57. The maximum atomic E-state index is 6.34. The van der Waals surface area contributed by atoms with Crippen molar-refractivity contribution >= 4 is 0 Å². The van der Waals surface area contributed by atoms with Crippen LogP contribution >= 0.6 is 0 Å². The van der Waals surface area contributed by atoms with Gasteiger partial charge in [0.15, 0.2) is 0 Å². The van der Waals surface area contributed by atoms with E-state index in [-0.39, 0.29) is 6.04 Å². The number of benzene rings is 1. The van der Waals surface area contributed by atoms with Gasteiger partial charge in [-0.1, -0.05) is 38.1 Å². The number of nitrogens with two attached hydrogens (primary N) is 1. The van der Waals surface area contributed by atoms with E-state index in [1.54, 1.807) is 0 Å². The van der Waals surface area contributed by atoms with E-state index in [1.165, 1.54) is 36.9 Å². The number of hydrogen-bond donors (Lipinski definition) is 1. The minimum absolute atomic E-state index is 0.156. The molecule has 1 aromatic carbocycles. The molecule has 100 valence electrons. The van der Waals surface area contributed by atoms with Gasteiger partial charge >= 0.3 is 0 Å². The first-order valence-electron chi connectivity index (χ1n) is 7.33. The highest BCUT2D eigenvalue weighted by molar-refractivity contribution is 5.25. The Bertz CT molecular complexity index is 354. The number of aryl methyl sites for hydroxylation is 1. The van der Waals surface area contributed by atoms with E-state index >= 15 is 0 Å². The van der Waals surface area contributed by atoms with E-state index in [0.717, 1.165) is 19.0 Å². The predicted molar refractivity (Wildman–Crippen MR) is 77.6 cm³/mol. The first-order chi connectivity index (χ1) is 8.74. The van der Waals surface area contributed by atoms with Gasteiger partial charge in [0.25, 0.3) is 0 Å². The van der Waals surface area contributed by atoms with Gasteiger partial charge in [-0.3, -0.25) is 4.90 Å². The molecular weight excluding hydrogens is 220 g/mol. The minimum Gasteiger partial charge on any atom is -0.323 e. The van der Waals surface area contributed by atoms with Gasteiger partial charge in [0.05, 0.1) is 0 Å². The van der Waals surface area contributed by atoms with Gasteiger partial charge in [-0.2, -0.15) is 0 Å². The summed E-state index contributed by atoms with van der Waals surface area (Å²) in [6.45, 7) is 6.62. The smallest absolute Gasteiger partial charge is 0.0424 e. The molecule has 0 bridgehead atoms. The Kier molecular flexibility index (Phi) is 4.79. The second-order valence-corrected chi connectivity index (χ2v) is 5.43. The second kappa shape index (κ2) is 6.35. The molecule has 0 spiro atoms. The lowest BCUT2D eigenvalue weighted by Gasteiger charge is -2.25. The van der Waals surface area contributed by atoms with Crippen LogP contribution in [0.3, 0.4) is 0 Å². The van der Waals surface area contributed by atoms with Crippen molar-refractivity contribution in [3.63, 3.8) is 0 Å². The molecule has 1 aliphatic carbocycles. The van der Waals surface area contributed by atoms with E-state index in [0.29, 0.717) is 0 Å². The zero-order valence-corrected chi connectivity index (χ0v) is 11.7. The zero-order chi connectivity index (χ0) is 13.0.